The lowest BCUT2D eigenvalue weighted by Crippen LogP contribution is -2.54. The van der Waals surface area contributed by atoms with E-state index < -0.39 is 11.7 Å². The summed E-state index contributed by atoms with van der Waals surface area (Å²) in [4.78, 5) is 34.6. The van der Waals surface area contributed by atoms with Crippen LogP contribution in [0.1, 0.15) is 12.5 Å². The average molecular weight is 445 g/mol. The Balaban J connectivity index is 1.34. The summed E-state index contributed by atoms with van der Waals surface area (Å²) in [6, 6.07) is 10.8. The van der Waals surface area contributed by atoms with Crippen LogP contribution in [0.25, 0.3) is 10.9 Å². The van der Waals surface area contributed by atoms with Crippen LogP contribution in [0.15, 0.2) is 53.5 Å². The summed E-state index contributed by atoms with van der Waals surface area (Å²) in [6.45, 7) is 3.85. The molecule has 0 saturated carbocycles. The zero-order valence-electron chi connectivity index (χ0n) is 17.3. The molecule has 0 radical (unpaired) electrons. The van der Waals surface area contributed by atoms with Gasteiger partial charge in [0.05, 0.1) is 12.1 Å². The second kappa shape index (κ2) is 8.62. The van der Waals surface area contributed by atoms with Crippen LogP contribution in [-0.2, 0) is 11.0 Å². The Morgan fingerprint density at radius 3 is 2.69 bits per heavy atom. The van der Waals surface area contributed by atoms with Gasteiger partial charge in [-0.1, -0.05) is 0 Å². The first-order valence-corrected chi connectivity index (χ1v) is 10.1. The number of anilines is 2. The molecular weight excluding hydrogens is 423 g/mol. The molecule has 1 aliphatic heterocycles. The van der Waals surface area contributed by atoms with E-state index in [1.807, 2.05) is 16.7 Å². The van der Waals surface area contributed by atoms with Crippen LogP contribution in [0.2, 0.25) is 0 Å². The largest absolute Gasteiger partial charge is 0.417 e. The quantitative estimate of drug-likeness (QED) is 0.645. The maximum Gasteiger partial charge on any atom is 0.417 e. The number of fused-ring (bicyclic) bond motifs is 1. The zero-order valence-corrected chi connectivity index (χ0v) is 17.3. The van der Waals surface area contributed by atoms with Crippen molar-refractivity contribution in [1.29, 1.82) is 0 Å². The van der Waals surface area contributed by atoms with E-state index in [-0.39, 0.29) is 24.1 Å². The number of amides is 1. The summed E-state index contributed by atoms with van der Waals surface area (Å²) in [6.07, 6.45) is -3.56. The molecule has 1 aliphatic rings. The smallest absolute Gasteiger partial charge is 0.354 e. The number of piperazine rings is 1. The van der Waals surface area contributed by atoms with Gasteiger partial charge in [-0.2, -0.15) is 13.2 Å². The van der Waals surface area contributed by atoms with Crippen LogP contribution < -0.4 is 15.8 Å². The molecule has 1 amide bonds. The van der Waals surface area contributed by atoms with Crippen LogP contribution in [0.5, 0.6) is 0 Å². The Morgan fingerprint density at radius 2 is 2.00 bits per heavy atom. The molecule has 1 atom stereocenters. The predicted molar refractivity (Wildman–Crippen MR) is 116 cm³/mol. The zero-order chi connectivity index (χ0) is 22.9. The standard InChI is InChI=1S/C22H22F3N5O2/c1-14-12-30(19-6-3-16(11-26-19)22(23,24)25)9-8-29(14)13-21(32)27-17-4-5-18-15(10-17)2-7-20(31)28-18/h2-7,10-11,14H,8-9,12-13H2,1H3,(H,27,32)(H,28,31)/t14-/m1/s1. The summed E-state index contributed by atoms with van der Waals surface area (Å²) >= 11 is 0. The summed E-state index contributed by atoms with van der Waals surface area (Å²) < 4.78 is 38.2. The van der Waals surface area contributed by atoms with E-state index in [1.54, 1.807) is 24.3 Å². The molecule has 1 saturated heterocycles. The van der Waals surface area contributed by atoms with Crippen molar-refractivity contribution in [2.75, 3.05) is 36.4 Å². The van der Waals surface area contributed by atoms with Gasteiger partial charge in [0.1, 0.15) is 5.82 Å². The Morgan fingerprint density at radius 1 is 1.19 bits per heavy atom. The van der Waals surface area contributed by atoms with Crippen LogP contribution in [0.3, 0.4) is 0 Å². The summed E-state index contributed by atoms with van der Waals surface area (Å²) in [5.41, 5.74) is 0.366. The minimum atomic E-state index is -4.41. The number of aromatic amines is 1. The number of benzene rings is 1. The van der Waals surface area contributed by atoms with E-state index in [0.717, 1.165) is 17.6 Å². The molecule has 4 rings (SSSR count). The van der Waals surface area contributed by atoms with Crippen molar-refractivity contribution in [2.45, 2.75) is 19.1 Å². The number of hydrogen-bond acceptors (Lipinski definition) is 5. The summed E-state index contributed by atoms with van der Waals surface area (Å²) in [5, 5.41) is 3.69. The van der Waals surface area contributed by atoms with E-state index in [1.165, 1.54) is 12.1 Å². The van der Waals surface area contributed by atoms with Crippen molar-refractivity contribution in [3.63, 3.8) is 0 Å². The normalized spacial score (nSPS) is 17.5. The number of hydrogen-bond donors (Lipinski definition) is 2. The first kappa shape index (κ1) is 21.8. The van der Waals surface area contributed by atoms with Gasteiger partial charge in [-0.3, -0.25) is 14.5 Å². The molecule has 2 N–H and O–H groups in total. The fourth-order valence-electron chi connectivity index (χ4n) is 3.80. The van der Waals surface area contributed by atoms with Gasteiger partial charge in [0.25, 0.3) is 0 Å². The Kier molecular flexibility index (Phi) is 5.88. The van der Waals surface area contributed by atoms with Gasteiger partial charge in [0.15, 0.2) is 0 Å². The van der Waals surface area contributed by atoms with E-state index in [0.29, 0.717) is 36.7 Å². The molecule has 168 valence electrons. The molecule has 2 aromatic heterocycles. The Hall–Kier alpha value is -3.40. The van der Waals surface area contributed by atoms with Crippen molar-refractivity contribution < 1.29 is 18.0 Å². The average Bonchev–Trinajstić information content (AvgIpc) is 2.75. The van der Waals surface area contributed by atoms with Gasteiger partial charge < -0.3 is 15.2 Å². The van der Waals surface area contributed by atoms with Gasteiger partial charge in [0.2, 0.25) is 11.5 Å². The van der Waals surface area contributed by atoms with E-state index in [4.69, 9.17) is 0 Å². The maximum atomic E-state index is 12.7. The minimum Gasteiger partial charge on any atom is -0.354 e. The van der Waals surface area contributed by atoms with E-state index >= 15 is 0 Å². The maximum absolute atomic E-state index is 12.7. The molecular formula is C22H22F3N5O2. The second-order valence-corrected chi connectivity index (χ2v) is 7.84. The van der Waals surface area contributed by atoms with Gasteiger partial charge in [-0.15, -0.1) is 0 Å². The van der Waals surface area contributed by atoms with Gasteiger partial charge in [-0.25, -0.2) is 4.98 Å². The molecule has 3 aromatic rings. The summed E-state index contributed by atoms with van der Waals surface area (Å²) in [7, 11) is 0. The first-order valence-electron chi connectivity index (χ1n) is 10.1. The molecule has 10 heteroatoms. The van der Waals surface area contributed by atoms with Crippen LogP contribution in [-0.4, -0.2) is 53.0 Å². The molecule has 32 heavy (non-hydrogen) atoms. The number of H-pyrrole nitrogens is 1. The van der Waals surface area contributed by atoms with Gasteiger partial charge >= 0.3 is 6.18 Å². The second-order valence-electron chi connectivity index (χ2n) is 7.84. The first-order chi connectivity index (χ1) is 15.2. The fourth-order valence-corrected chi connectivity index (χ4v) is 3.80. The van der Waals surface area contributed by atoms with Gasteiger partial charge in [-0.05, 0) is 43.3 Å². The lowest BCUT2D eigenvalue weighted by atomic mass is 10.1. The van der Waals surface area contributed by atoms with E-state index in [2.05, 4.69) is 15.3 Å². The highest BCUT2D eigenvalue weighted by Crippen LogP contribution is 2.29. The SMILES string of the molecule is C[C@@H]1CN(c2ccc(C(F)(F)F)cn2)CCN1CC(=O)Nc1ccc2[nH]c(=O)ccc2c1. The number of alkyl halides is 3. The third-order valence-electron chi connectivity index (χ3n) is 5.52. The third kappa shape index (κ3) is 4.91. The number of carbonyl (C=O) groups excluding carboxylic acids is 1. The molecule has 1 fully saturated rings. The minimum absolute atomic E-state index is 0.0141. The molecule has 3 heterocycles. The molecule has 0 aliphatic carbocycles. The Bertz CT molecular complexity index is 1180. The third-order valence-corrected chi connectivity index (χ3v) is 5.52. The summed E-state index contributed by atoms with van der Waals surface area (Å²) in [5.74, 6) is 0.324. The van der Waals surface area contributed by atoms with Crippen molar-refractivity contribution in [1.82, 2.24) is 14.9 Å². The monoisotopic (exact) mass is 445 g/mol. The topological polar surface area (TPSA) is 81.3 Å². The number of pyridine rings is 2. The number of nitrogens with one attached hydrogen (secondary N) is 2. The highest BCUT2D eigenvalue weighted by molar-refractivity contribution is 5.94. The number of rotatable bonds is 4. The molecule has 7 nitrogen and oxygen atoms in total. The number of carbonyl (C=O) groups is 1. The van der Waals surface area contributed by atoms with Crippen LogP contribution in [0.4, 0.5) is 24.7 Å². The predicted octanol–water partition coefficient (Wildman–Crippen LogP) is 3.09. The molecule has 0 bridgehead atoms. The van der Waals surface area contributed by atoms with Crippen molar-refractivity contribution in [2.24, 2.45) is 0 Å². The fraction of sp³-hybridized carbons (Fsp3) is 0.318. The van der Waals surface area contributed by atoms with Crippen molar-refractivity contribution in [3.8, 4) is 0 Å². The highest BCUT2D eigenvalue weighted by Gasteiger charge is 2.31. The van der Waals surface area contributed by atoms with Crippen molar-refractivity contribution >= 4 is 28.3 Å². The lowest BCUT2D eigenvalue weighted by molar-refractivity contribution is -0.137. The number of aromatic nitrogens is 2. The lowest BCUT2D eigenvalue weighted by Gasteiger charge is -2.40. The van der Waals surface area contributed by atoms with Gasteiger partial charge in [0, 0.05) is 54.5 Å². The molecule has 0 spiro atoms. The van der Waals surface area contributed by atoms with E-state index in [9.17, 15) is 22.8 Å². The molecule has 1 aromatic carbocycles. The number of halogens is 3. The highest BCUT2D eigenvalue weighted by atomic mass is 19.4. The van der Waals surface area contributed by atoms with Crippen LogP contribution in [0, 0.1) is 0 Å². The molecule has 0 unspecified atom stereocenters. The van der Waals surface area contributed by atoms with Crippen molar-refractivity contribution in [3.05, 3.63) is 64.6 Å². The number of nitrogens with zero attached hydrogens (tertiary/aromatic N) is 3. The Labute approximate surface area is 181 Å². The van der Waals surface area contributed by atoms with Crippen LogP contribution >= 0.6 is 0 Å².